The molecule has 8 nitrogen and oxygen atoms in total. The summed E-state index contributed by atoms with van der Waals surface area (Å²) >= 11 is 5.62. The molecule has 1 saturated heterocycles. The number of fused-ring (bicyclic) bond motifs is 2. The third-order valence-electron chi connectivity index (χ3n) is 6.97. The Kier molecular flexibility index (Phi) is 7.11. The van der Waals surface area contributed by atoms with Gasteiger partial charge in [0.15, 0.2) is 0 Å². The molecule has 0 saturated carbocycles. The normalized spacial score (nSPS) is 19.8. The number of anilines is 2. The fourth-order valence-electron chi connectivity index (χ4n) is 5.14. The summed E-state index contributed by atoms with van der Waals surface area (Å²) in [7, 11) is 1.56. The van der Waals surface area contributed by atoms with E-state index in [4.69, 9.17) is 4.74 Å². The van der Waals surface area contributed by atoms with Crippen LogP contribution in [0, 0.1) is 5.92 Å². The number of thiazole rings is 1. The number of benzene rings is 3. The summed E-state index contributed by atoms with van der Waals surface area (Å²) in [5.41, 5.74) is 1.91. The van der Waals surface area contributed by atoms with E-state index in [-0.39, 0.29) is 29.1 Å². The number of thioether (sulfide) groups is 1. The molecular formula is C29H22BrN3O5S2. The molecule has 0 bridgehead atoms. The number of imide groups is 1. The molecule has 2 aliphatic heterocycles. The number of aromatic nitrogens is 1. The summed E-state index contributed by atoms with van der Waals surface area (Å²) in [4.78, 5) is 55.5. The topological polar surface area (TPSA) is 97.7 Å². The van der Waals surface area contributed by atoms with Gasteiger partial charge < -0.3 is 10.1 Å². The van der Waals surface area contributed by atoms with Gasteiger partial charge in [-0.2, -0.15) is 0 Å². The van der Waals surface area contributed by atoms with Crippen molar-refractivity contribution in [3.8, 4) is 5.75 Å². The van der Waals surface area contributed by atoms with Crippen molar-refractivity contribution in [3.05, 3.63) is 103 Å². The number of carbonyl (C=O) groups is 3. The number of hydrogen-bond acceptors (Lipinski definition) is 7. The van der Waals surface area contributed by atoms with Crippen LogP contribution in [0.25, 0.3) is 0 Å². The molecule has 0 aliphatic carbocycles. The zero-order valence-electron chi connectivity index (χ0n) is 21.1. The van der Waals surface area contributed by atoms with E-state index in [9.17, 15) is 19.2 Å². The molecule has 4 aromatic rings. The predicted molar refractivity (Wildman–Crippen MR) is 158 cm³/mol. The third kappa shape index (κ3) is 4.67. The van der Waals surface area contributed by atoms with E-state index >= 15 is 0 Å². The van der Waals surface area contributed by atoms with Crippen LogP contribution in [-0.4, -0.2) is 34.6 Å². The monoisotopic (exact) mass is 635 g/mol. The van der Waals surface area contributed by atoms with Crippen molar-refractivity contribution in [2.75, 3.05) is 17.3 Å². The standard InChI is InChI=1S/C29H22BrN3O5S2/c1-38-20-13-9-18(10-14-20)31-21(34)15-32-28-25(40-29(32)37)22(16-5-3-2-4-6-16)23-24(39-28)27(36)33(26(23)35)19-11-7-17(30)8-12-19/h2-14,22-24H,15H2,1H3,(H,31,34)/t22-,23?,24?/m1/s1. The van der Waals surface area contributed by atoms with Crippen LogP contribution in [0.15, 0.2) is 93.2 Å². The zero-order chi connectivity index (χ0) is 28.0. The lowest BCUT2D eigenvalue weighted by molar-refractivity contribution is -0.122. The first kappa shape index (κ1) is 26.5. The molecule has 1 aromatic heterocycles. The minimum atomic E-state index is -0.737. The van der Waals surface area contributed by atoms with Gasteiger partial charge >= 0.3 is 4.87 Å². The number of ether oxygens (including phenoxy) is 1. The lowest BCUT2D eigenvalue weighted by atomic mass is 9.83. The van der Waals surface area contributed by atoms with Gasteiger partial charge in [0.2, 0.25) is 17.7 Å². The maximum atomic E-state index is 13.9. The Morgan fingerprint density at radius 2 is 1.65 bits per heavy atom. The maximum absolute atomic E-state index is 13.9. The van der Waals surface area contributed by atoms with Gasteiger partial charge in [-0.05, 0) is 54.1 Å². The molecule has 1 N–H and O–H groups in total. The Balaban J connectivity index is 1.37. The highest BCUT2D eigenvalue weighted by Gasteiger charge is 2.56. The van der Waals surface area contributed by atoms with Gasteiger partial charge in [-0.25, -0.2) is 4.90 Å². The van der Waals surface area contributed by atoms with Crippen LogP contribution in [0.4, 0.5) is 11.4 Å². The van der Waals surface area contributed by atoms with Crippen molar-refractivity contribution in [1.29, 1.82) is 0 Å². The molecule has 3 amide bonds. The number of carbonyl (C=O) groups excluding carboxylic acids is 3. The highest BCUT2D eigenvalue weighted by molar-refractivity contribution is 9.10. The Morgan fingerprint density at radius 3 is 2.33 bits per heavy atom. The summed E-state index contributed by atoms with van der Waals surface area (Å²) in [5, 5.41) is 2.62. The Bertz CT molecular complexity index is 1670. The van der Waals surface area contributed by atoms with E-state index in [0.717, 1.165) is 21.4 Å². The van der Waals surface area contributed by atoms with Gasteiger partial charge in [-0.15, -0.1) is 0 Å². The van der Waals surface area contributed by atoms with Crippen LogP contribution in [0.2, 0.25) is 0 Å². The molecule has 6 rings (SSSR count). The van der Waals surface area contributed by atoms with Crippen molar-refractivity contribution in [2.45, 2.75) is 22.7 Å². The smallest absolute Gasteiger partial charge is 0.308 e. The summed E-state index contributed by atoms with van der Waals surface area (Å²) in [6.45, 7) is -0.221. The van der Waals surface area contributed by atoms with Crippen LogP contribution >= 0.6 is 39.0 Å². The molecule has 2 aliphatic rings. The van der Waals surface area contributed by atoms with Crippen LogP contribution < -0.4 is 19.8 Å². The Hall–Kier alpha value is -3.67. The molecule has 1 fully saturated rings. The number of rotatable bonds is 6. The number of amides is 3. The molecular weight excluding hydrogens is 614 g/mol. The Labute approximate surface area is 246 Å². The first-order chi connectivity index (χ1) is 19.4. The number of nitrogens with zero attached hydrogens (tertiary/aromatic N) is 2. The van der Waals surface area contributed by atoms with Gasteiger partial charge in [0, 0.05) is 21.0 Å². The Morgan fingerprint density at radius 1 is 0.950 bits per heavy atom. The molecule has 40 heavy (non-hydrogen) atoms. The SMILES string of the molecule is COc1ccc(NC(=O)Cn2c3c(sc2=O)[C@H](c2ccccc2)C2C(=O)N(c4ccc(Br)cc4)C(=O)C2S3)cc1. The van der Waals surface area contributed by atoms with Crippen molar-refractivity contribution in [3.63, 3.8) is 0 Å². The average molecular weight is 637 g/mol. The van der Waals surface area contributed by atoms with E-state index < -0.39 is 17.1 Å². The fourth-order valence-corrected chi connectivity index (χ4v) is 8.18. The molecule has 2 unspecified atom stereocenters. The second-order valence-electron chi connectivity index (χ2n) is 9.34. The van der Waals surface area contributed by atoms with E-state index in [0.29, 0.717) is 27.0 Å². The van der Waals surface area contributed by atoms with Gasteiger partial charge in [-0.3, -0.25) is 23.7 Å². The highest BCUT2D eigenvalue weighted by Crippen LogP contribution is 2.53. The van der Waals surface area contributed by atoms with Crippen LogP contribution in [-0.2, 0) is 20.9 Å². The molecule has 3 aromatic carbocycles. The van der Waals surface area contributed by atoms with E-state index in [2.05, 4.69) is 21.2 Å². The third-order valence-corrected chi connectivity index (χ3v) is 10.1. The fraction of sp³-hybridized carbons (Fsp3) is 0.172. The maximum Gasteiger partial charge on any atom is 0.308 e. The quantitative estimate of drug-likeness (QED) is 0.296. The molecule has 0 radical (unpaired) electrons. The van der Waals surface area contributed by atoms with Gasteiger partial charge in [0.25, 0.3) is 0 Å². The van der Waals surface area contributed by atoms with Gasteiger partial charge in [-0.1, -0.05) is 69.4 Å². The number of methoxy groups -OCH3 is 1. The summed E-state index contributed by atoms with van der Waals surface area (Å²) in [5.74, 6) is -1.53. The predicted octanol–water partition coefficient (Wildman–Crippen LogP) is 5.12. The molecule has 3 atom stereocenters. The van der Waals surface area contributed by atoms with Crippen LogP contribution in [0.5, 0.6) is 5.75 Å². The van der Waals surface area contributed by atoms with E-state index in [1.54, 1.807) is 55.6 Å². The second kappa shape index (κ2) is 10.7. The number of nitrogens with one attached hydrogen (secondary N) is 1. The first-order valence-electron chi connectivity index (χ1n) is 12.4. The minimum Gasteiger partial charge on any atom is -0.497 e. The van der Waals surface area contributed by atoms with E-state index in [1.807, 2.05) is 30.3 Å². The van der Waals surface area contributed by atoms with Crippen molar-refractivity contribution in [2.24, 2.45) is 5.92 Å². The van der Waals surface area contributed by atoms with Gasteiger partial charge in [0.1, 0.15) is 17.5 Å². The van der Waals surface area contributed by atoms with E-state index in [1.165, 1.54) is 21.2 Å². The number of hydrogen-bond donors (Lipinski definition) is 1. The average Bonchev–Trinajstić information content (AvgIpc) is 3.40. The van der Waals surface area contributed by atoms with Crippen molar-refractivity contribution >= 4 is 68.1 Å². The number of halogens is 1. The lowest BCUT2D eigenvalue weighted by Gasteiger charge is -2.30. The lowest BCUT2D eigenvalue weighted by Crippen LogP contribution is -2.33. The van der Waals surface area contributed by atoms with Crippen molar-refractivity contribution in [1.82, 2.24) is 4.57 Å². The highest BCUT2D eigenvalue weighted by atomic mass is 79.9. The summed E-state index contributed by atoms with van der Waals surface area (Å²) in [6.07, 6.45) is 0. The first-order valence-corrected chi connectivity index (χ1v) is 14.9. The molecule has 202 valence electrons. The second-order valence-corrected chi connectivity index (χ2v) is 12.4. The van der Waals surface area contributed by atoms with Crippen LogP contribution in [0.1, 0.15) is 16.4 Å². The minimum absolute atomic E-state index is 0.221. The summed E-state index contributed by atoms with van der Waals surface area (Å²) in [6, 6.07) is 23.4. The largest absolute Gasteiger partial charge is 0.497 e. The van der Waals surface area contributed by atoms with Crippen LogP contribution in [0.3, 0.4) is 0 Å². The molecule has 3 heterocycles. The van der Waals surface area contributed by atoms with Gasteiger partial charge in [0.05, 0.1) is 23.7 Å². The van der Waals surface area contributed by atoms with Crippen molar-refractivity contribution < 1.29 is 19.1 Å². The zero-order valence-corrected chi connectivity index (χ0v) is 24.3. The molecule has 11 heteroatoms. The summed E-state index contributed by atoms with van der Waals surface area (Å²) < 4.78 is 7.41. The molecule has 0 spiro atoms.